The summed E-state index contributed by atoms with van der Waals surface area (Å²) in [5.41, 5.74) is 10.6. The summed E-state index contributed by atoms with van der Waals surface area (Å²) in [5, 5.41) is 8.38. The van der Waals surface area contributed by atoms with Gasteiger partial charge in [0, 0.05) is 30.3 Å². The van der Waals surface area contributed by atoms with E-state index in [0.717, 1.165) is 55.7 Å². The average molecular weight is 424 g/mol. The first-order chi connectivity index (χ1) is 15.7. The molecule has 0 fully saturated rings. The maximum atomic E-state index is 12.5. The molecular formula is C28H29N3O. The zero-order valence-corrected chi connectivity index (χ0v) is 18.9. The third-order valence-electron chi connectivity index (χ3n) is 6.92. The molecule has 4 nitrogen and oxygen atoms in total. The fourth-order valence-corrected chi connectivity index (χ4v) is 5.09. The summed E-state index contributed by atoms with van der Waals surface area (Å²) in [6.45, 7) is 7.68. The molecule has 0 N–H and O–H groups in total. The maximum absolute atomic E-state index is 12.5. The van der Waals surface area contributed by atoms with E-state index in [9.17, 15) is 4.79 Å². The van der Waals surface area contributed by atoms with Crippen LogP contribution in [0.3, 0.4) is 0 Å². The molecule has 0 unspecified atom stereocenters. The van der Waals surface area contributed by atoms with Gasteiger partial charge in [-0.05, 0) is 78.4 Å². The van der Waals surface area contributed by atoms with Gasteiger partial charge in [0.05, 0.1) is 5.69 Å². The molecule has 5 rings (SSSR count). The monoisotopic (exact) mass is 423 g/mol. The van der Waals surface area contributed by atoms with Crippen molar-refractivity contribution in [2.75, 3.05) is 19.6 Å². The number of ketones is 1. The van der Waals surface area contributed by atoms with E-state index in [1.54, 1.807) is 6.20 Å². The average Bonchev–Trinajstić information content (AvgIpc) is 3.12. The van der Waals surface area contributed by atoms with Crippen molar-refractivity contribution in [1.29, 1.82) is 0 Å². The lowest BCUT2D eigenvalue weighted by atomic mass is 9.88. The van der Waals surface area contributed by atoms with Crippen molar-refractivity contribution in [3.8, 4) is 22.4 Å². The number of carbonyl (C=O) groups is 1. The van der Waals surface area contributed by atoms with E-state index in [4.69, 9.17) is 0 Å². The Morgan fingerprint density at radius 1 is 1.00 bits per heavy atom. The number of rotatable bonds is 6. The largest absolute Gasteiger partial charge is 0.304 e. The van der Waals surface area contributed by atoms with Crippen molar-refractivity contribution in [1.82, 2.24) is 15.1 Å². The molecule has 2 aliphatic rings. The second-order valence-electron chi connectivity index (χ2n) is 8.72. The van der Waals surface area contributed by atoms with Gasteiger partial charge in [-0.25, -0.2) is 0 Å². The lowest BCUT2D eigenvalue weighted by Gasteiger charge is -2.19. The molecule has 2 aromatic carbocycles. The topological polar surface area (TPSA) is 46.1 Å². The van der Waals surface area contributed by atoms with Crippen LogP contribution < -0.4 is 0 Å². The van der Waals surface area contributed by atoms with Crippen LogP contribution >= 0.6 is 0 Å². The molecule has 1 heterocycles. The lowest BCUT2D eigenvalue weighted by Crippen LogP contribution is -2.24. The minimum absolute atomic E-state index is 0.268. The molecule has 0 spiro atoms. The number of carbonyl (C=O) groups excluding carboxylic acids is 1. The molecule has 1 aromatic heterocycles. The van der Waals surface area contributed by atoms with Crippen LogP contribution in [-0.4, -0.2) is 40.5 Å². The first-order valence-electron chi connectivity index (χ1n) is 11.7. The van der Waals surface area contributed by atoms with Crippen LogP contribution in [0, 0.1) is 0 Å². The molecule has 0 saturated heterocycles. The van der Waals surface area contributed by atoms with Crippen molar-refractivity contribution < 1.29 is 4.79 Å². The van der Waals surface area contributed by atoms with Crippen LogP contribution in [0.15, 0.2) is 54.2 Å². The van der Waals surface area contributed by atoms with Gasteiger partial charge < -0.3 is 4.90 Å². The summed E-state index contributed by atoms with van der Waals surface area (Å²) >= 11 is 0. The Labute approximate surface area is 190 Å². The minimum atomic E-state index is 0.268. The van der Waals surface area contributed by atoms with Gasteiger partial charge >= 0.3 is 0 Å². The predicted octanol–water partition coefficient (Wildman–Crippen LogP) is 5.61. The predicted molar refractivity (Wildman–Crippen MR) is 130 cm³/mol. The van der Waals surface area contributed by atoms with E-state index < -0.39 is 0 Å². The Hall–Kier alpha value is -3.11. The van der Waals surface area contributed by atoms with E-state index >= 15 is 0 Å². The maximum Gasteiger partial charge on any atom is 0.163 e. The molecule has 0 aliphatic heterocycles. The summed E-state index contributed by atoms with van der Waals surface area (Å²) in [6.07, 6.45) is 7.52. The number of fused-ring (bicyclic) bond motifs is 5. The van der Waals surface area contributed by atoms with Crippen LogP contribution in [-0.2, 0) is 12.8 Å². The first kappa shape index (κ1) is 20.8. The number of benzene rings is 2. The van der Waals surface area contributed by atoms with E-state index in [0.29, 0.717) is 6.42 Å². The van der Waals surface area contributed by atoms with Crippen molar-refractivity contribution in [2.24, 2.45) is 0 Å². The number of nitrogens with zero attached hydrogens (tertiary/aromatic N) is 3. The van der Waals surface area contributed by atoms with Gasteiger partial charge in [-0.15, -0.1) is 0 Å². The molecule has 2 aliphatic carbocycles. The molecular weight excluding hydrogens is 394 g/mol. The Morgan fingerprint density at radius 2 is 1.88 bits per heavy atom. The van der Waals surface area contributed by atoms with Gasteiger partial charge in [-0.2, -0.15) is 10.2 Å². The van der Waals surface area contributed by atoms with Gasteiger partial charge in [0.25, 0.3) is 0 Å². The second kappa shape index (κ2) is 8.79. The van der Waals surface area contributed by atoms with Crippen LogP contribution in [0.5, 0.6) is 0 Å². The van der Waals surface area contributed by atoms with Gasteiger partial charge in [-0.3, -0.25) is 4.79 Å². The van der Waals surface area contributed by atoms with Crippen LogP contribution in [0.2, 0.25) is 0 Å². The zero-order valence-electron chi connectivity index (χ0n) is 18.9. The Balaban J connectivity index is 1.64. The van der Waals surface area contributed by atoms with Crippen molar-refractivity contribution in [2.45, 2.75) is 39.5 Å². The second-order valence-corrected chi connectivity index (χ2v) is 8.72. The summed E-state index contributed by atoms with van der Waals surface area (Å²) < 4.78 is 0. The molecule has 0 amide bonds. The van der Waals surface area contributed by atoms with E-state index in [2.05, 4.69) is 59.3 Å². The highest BCUT2D eigenvalue weighted by Crippen LogP contribution is 2.42. The van der Waals surface area contributed by atoms with Crippen molar-refractivity contribution in [3.63, 3.8) is 0 Å². The van der Waals surface area contributed by atoms with Gasteiger partial charge in [-0.1, -0.05) is 49.8 Å². The van der Waals surface area contributed by atoms with Crippen LogP contribution in [0.4, 0.5) is 0 Å². The molecule has 0 bridgehead atoms. The highest BCUT2D eigenvalue weighted by molar-refractivity contribution is 6.04. The molecule has 0 atom stereocenters. The number of hydrogen-bond donors (Lipinski definition) is 0. The van der Waals surface area contributed by atoms with Crippen molar-refractivity contribution in [3.05, 3.63) is 76.5 Å². The summed E-state index contributed by atoms with van der Waals surface area (Å²) in [5.74, 6) is 0.268. The standard InChI is InChI=1S/C28H29N3O/c1-3-31(4-2)15-13-19-16-20-7-8-21(26-6-5-14-29-30-26)18-25(20)28-22(17-19)9-10-23-24(28)11-12-27(23)32/h5-10,14,17-18H,3-4,11-13,15-16H2,1-2H3. The zero-order chi connectivity index (χ0) is 22.1. The minimum Gasteiger partial charge on any atom is -0.304 e. The van der Waals surface area contributed by atoms with E-state index in [1.165, 1.54) is 33.4 Å². The molecule has 3 aromatic rings. The lowest BCUT2D eigenvalue weighted by molar-refractivity contribution is 0.0994. The summed E-state index contributed by atoms with van der Waals surface area (Å²) in [7, 11) is 0. The van der Waals surface area contributed by atoms with Gasteiger partial charge in [0.15, 0.2) is 5.78 Å². The number of Topliss-reactive ketones (excluding diaryl/α,β-unsaturated/α-hetero) is 1. The van der Waals surface area contributed by atoms with Gasteiger partial charge in [0.1, 0.15) is 0 Å². The third-order valence-corrected chi connectivity index (χ3v) is 6.92. The Kier molecular flexibility index (Phi) is 5.71. The fraction of sp³-hybridized carbons (Fsp3) is 0.321. The van der Waals surface area contributed by atoms with Gasteiger partial charge in [0.2, 0.25) is 0 Å². The number of hydrogen-bond acceptors (Lipinski definition) is 4. The van der Waals surface area contributed by atoms with E-state index in [-0.39, 0.29) is 5.78 Å². The number of aromatic nitrogens is 2. The first-order valence-corrected chi connectivity index (χ1v) is 11.7. The summed E-state index contributed by atoms with van der Waals surface area (Å²) in [4.78, 5) is 15.0. The highest BCUT2D eigenvalue weighted by atomic mass is 16.1. The molecule has 0 saturated carbocycles. The highest BCUT2D eigenvalue weighted by Gasteiger charge is 2.27. The van der Waals surface area contributed by atoms with Crippen LogP contribution in [0.25, 0.3) is 28.5 Å². The molecule has 32 heavy (non-hydrogen) atoms. The Bertz CT molecular complexity index is 1190. The molecule has 162 valence electrons. The SMILES string of the molecule is CCN(CC)CCC1=Cc2ccc3c(c2-c2cc(-c4cccnn4)ccc2C1)CCC3=O. The molecule has 0 radical (unpaired) electrons. The molecule has 4 heteroatoms. The summed E-state index contributed by atoms with van der Waals surface area (Å²) in [6, 6.07) is 14.8. The smallest absolute Gasteiger partial charge is 0.163 e. The van der Waals surface area contributed by atoms with E-state index in [1.807, 2.05) is 18.2 Å². The van der Waals surface area contributed by atoms with Crippen LogP contribution in [0.1, 0.15) is 53.7 Å². The van der Waals surface area contributed by atoms with Crippen molar-refractivity contribution >= 4 is 11.9 Å². The Morgan fingerprint density at radius 3 is 2.66 bits per heavy atom. The fourth-order valence-electron chi connectivity index (χ4n) is 5.09. The quantitative estimate of drug-likeness (QED) is 0.517. The normalized spacial score (nSPS) is 14.6. The third kappa shape index (κ3) is 3.80.